The maximum absolute atomic E-state index is 13.9. The van der Waals surface area contributed by atoms with Gasteiger partial charge in [0.2, 0.25) is 11.8 Å². The minimum absolute atomic E-state index is 0.0139. The predicted octanol–water partition coefficient (Wildman–Crippen LogP) is 4.67. The molecule has 40 heavy (non-hydrogen) atoms. The fourth-order valence-corrected chi connectivity index (χ4v) is 5.43. The molecule has 3 rings (SSSR count). The highest BCUT2D eigenvalue weighted by Gasteiger charge is 2.32. The van der Waals surface area contributed by atoms with E-state index in [9.17, 15) is 22.4 Å². The van der Waals surface area contributed by atoms with Crippen molar-refractivity contribution in [2.45, 2.75) is 58.1 Å². The van der Waals surface area contributed by atoms with Gasteiger partial charge in [-0.25, -0.2) is 12.8 Å². The summed E-state index contributed by atoms with van der Waals surface area (Å²) in [5.74, 6) is -0.887. The summed E-state index contributed by atoms with van der Waals surface area (Å²) in [5.41, 5.74) is 1.81. The zero-order valence-electron chi connectivity index (χ0n) is 23.4. The van der Waals surface area contributed by atoms with Crippen LogP contribution in [-0.4, -0.2) is 50.4 Å². The quantitative estimate of drug-likeness (QED) is 0.342. The number of benzene rings is 3. The van der Waals surface area contributed by atoms with E-state index in [1.807, 2.05) is 13.8 Å². The fraction of sp³-hybridized carbons (Fsp3) is 0.333. The largest absolute Gasteiger partial charge is 0.494 e. The molecule has 0 aliphatic heterocycles. The van der Waals surface area contributed by atoms with Gasteiger partial charge in [0.25, 0.3) is 10.0 Å². The first-order chi connectivity index (χ1) is 18.9. The topological polar surface area (TPSA) is 96.0 Å². The number of hydrogen-bond acceptors (Lipinski definition) is 5. The van der Waals surface area contributed by atoms with E-state index in [4.69, 9.17) is 4.74 Å². The molecule has 10 heteroatoms. The lowest BCUT2D eigenvalue weighted by Crippen LogP contribution is -2.52. The Morgan fingerprint density at radius 2 is 1.52 bits per heavy atom. The minimum atomic E-state index is -4.19. The van der Waals surface area contributed by atoms with Crippen LogP contribution in [0.1, 0.15) is 38.8 Å². The summed E-state index contributed by atoms with van der Waals surface area (Å²) in [4.78, 5) is 28.1. The molecule has 1 unspecified atom stereocenters. The van der Waals surface area contributed by atoms with Crippen LogP contribution in [0.3, 0.4) is 0 Å². The maximum Gasteiger partial charge on any atom is 0.264 e. The highest BCUT2D eigenvalue weighted by molar-refractivity contribution is 7.92. The summed E-state index contributed by atoms with van der Waals surface area (Å²) in [6.45, 7) is 8.75. The number of sulfonamides is 1. The fourth-order valence-electron chi connectivity index (χ4n) is 4.02. The number of aryl methyl sites for hydroxylation is 1. The molecular formula is C30H36FN3O5S. The first-order valence-electron chi connectivity index (χ1n) is 13.1. The molecule has 8 nitrogen and oxygen atoms in total. The highest BCUT2D eigenvalue weighted by Crippen LogP contribution is 2.26. The third kappa shape index (κ3) is 7.81. The number of carbonyl (C=O) groups excluding carboxylic acids is 2. The normalized spacial score (nSPS) is 12.1. The van der Waals surface area contributed by atoms with Crippen molar-refractivity contribution < 1.29 is 27.1 Å². The van der Waals surface area contributed by atoms with Gasteiger partial charge in [0.15, 0.2) is 0 Å². The lowest BCUT2D eigenvalue weighted by molar-refractivity contribution is -0.139. The molecule has 0 heterocycles. The molecule has 0 bridgehead atoms. The second-order valence-electron chi connectivity index (χ2n) is 9.74. The average Bonchev–Trinajstić information content (AvgIpc) is 2.91. The van der Waals surface area contributed by atoms with Crippen molar-refractivity contribution in [1.82, 2.24) is 10.2 Å². The van der Waals surface area contributed by atoms with Crippen molar-refractivity contribution in [3.8, 4) is 5.75 Å². The maximum atomic E-state index is 13.9. The Labute approximate surface area is 235 Å². The van der Waals surface area contributed by atoms with E-state index in [2.05, 4.69) is 5.32 Å². The molecule has 2 amide bonds. The van der Waals surface area contributed by atoms with Crippen LogP contribution in [0.4, 0.5) is 10.1 Å². The van der Waals surface area contributed by atoms with Crippen molar-refractivity contribution in [3.63, 3.8) is 0 Å². The molecular weight excluding hydrogens is 533 g/mol. The molecule has 3 aromatic carbocycles. The van der Waals surface area contributed by atoms with Gasteiger partial charge in [-0.1, -0.05) is 29.8 Å². The molecule has 0 aliphatic carbocycles. The number of amides is 2. The average molecular weight is 570 g/mol. The first kappa shape index (κ1) is 30.6. The smallest absolute Gasteiger partial charge is 0.264 e. The third-order valence-corrected chi connectivity index (χ3v) is 7.98. The summed E-state index contributed by atoms with van der Waals surface area (Å²) in [7, 11) is -4.19. The SMILES string of the molecule is CCOc1ccc(S(=O)(=O)N(CC(=O)N(Cc2ccc(F)cc2)C(C)C(=O)NC(C)C)c2ccc(C)cc2)cc1. The van der Waals surface area contributed by atoms with Gasteiger partial charge in [0.05, 0.1) is 17.2 Å². The molecule has 3 aromatic rings. The first-order valence-corrected chi connectivity index (χ1v) is 14.5. The van der Waals surface area contributed by atoms with E-state index in [-0.39, 0.29) is 23.4 Å². The van der Waals surface area contributed by atoms with Gasteiger partial charge in [-0.05, 0) is 88.7 Å². The number of rotatable bonds is 12. The van der Waals surface area contributed by atoms with Gasteiger partial charge < -0.3 is 15.0 Å². The number of ether oxygens (including phenoxy) is 1. The monoisotopic (exact) mass is 569 g/mol. The van der Waals surface area contributed by atoms with Crippen LogP contribution in [0.25, 0.3) is 0 Å². The van der Waals surface area contributed by atoms with Crippen molar-refractivity contribution >= 4 is 27.5 Å². The van der Waals surface area contributed by atoms with Crippen LogP contribution in [0.15, 0.2) is 77.7 Å². The van der Waals surface area contributed by atoms with Crippen LogP contribution in [0.2, 0.25) is 0 Å². The molecule has 0 radical (unpaired) electrons. The van der Waals surface area contributed by atoms with E-state index in [0.29, 0.717) is 23.6 Å². The second kappa shape index (κ2) is 13.4. The Hall–Kier alpha value is -3.92. The van der Waals surface area contributed by atoms with Crippen LogP contribution in [0, 0.1) is 12.7 Å². The zero-order valence-corrected chi connectivity index (χ0v) is 24.2. The molecule has 1 atom stereocenters. The van der Waals surface area contributed by atoms with Gasteiger partial charge in [0, 0.05) is 12.6 Å². The molecule has 214 valence electrons. The second-order valence-corrected chi connectivity index (χ2v) is 11.6. The Bertz CT molecular complexity index is 1390. The Balaban J connectivity index is 2.01. The van der Waals surface area contributed by atoms with Crippen LogP contribution in [0.5, 0.6) is 5.75 Å². The van der Waals surface area contributed by atoms with Crippen molar-refractivity contribution in [2.24, 2.45) is 0 Å². The number of halogens is 1. The summed E-state index contributed by atoms with van der Waals surface area (Å²) in [6, 6.07) is 17.3. The number of anilines is 1. The van der Waals surface area contributed by atoms with Gasteiger partial charge in [-0.2, -0.15) is 0 Å². The number of nitrogens with one attached hydrogen (secondary N) is 1. The summed E-state index contributed by atoms with van der Waals surface area (Å²) < 4.78 is 47.8. The molecule has 0 saturated carbocycles. The van der Waals surface area contributed by atoms with E-state index in [1.165, 1.54) is 41.3 Å². The van der Waals surface area contributed by atoms with Gasteiger partial charge in [-0.15, -0.1) is 0 Å². The van der Waals surface area contributed by atoms with Crippen LogP contribution >= 0.6 is 0 Å². The van der Waals surface area contributed by atoms with E-state index in [0.717, 1.165) is 9.87 Å². The molecule has 0 fully saturated rings. The summed E-state index contributed by atoms with van der Waals surface area (Å²) >= 11 is 0. The Morgan fingerprint density at radius 3 is 2.08 bits per heavy atom. The number of hydrogen-bond donors (Lipinski definition) is 1. The van der Waals surface area contributed by atoms with E-state index >= 15 is 0 Å². The Kier molecular flexibility index (Phi) is 10.3. The zero-order chi connectivity index (χ0) is 29.4. The Morgan fingerprint density at radius 1 is 0.925 bits per heavy atom. The molecule has 1 N–H and O–H groups in total. The van der Waals surface area contributed by atoms with Gasteiger partial charge >= 0.3 is 0 Å². The highest BCUT2D eigenvalue weighted by atomic mass is 32.2. The summed E-state index contributed by atoms with van der Waals surface area (Å²) in [5, 5.41) is 2.80. The van der Waals surface area contributed by atoms with Crippen molar-refractivity contribution in [1.29, 1.82) is 0 Å². The lowest BCUT2D eigenvalue weighted by atomic mass is 10.1. The summed E-state index contributed by atoms with van der Waals surface area (Å²) in [6.07, 6.45) is 0. The van der Waals surface area contributed by atoms with E-state index < -0.39 is 34.3 Å². The molecule has 0 saturated heterocycles. The van der Waals surface area contributed by atoms with Gasteiger partial charge in [-0.3, -0.25) is 13.9 Å². The van der Waals surface area contributed by atoms with Crippen molar-refractivity contribution in [3.05, 3.63) is 89.7 Å². The third-order valence-electron chi connectivity index (χ3n) is 6.19. The molecule has 0 aromatic heterocycles. The standard InChI is InChI=1S/C30H36FN3O5S/c1-6-39-27-15-17-28(18-16-27)40(37,38)34(26-13-7-22(4)8-14-26)20-29(35)33(23(5)30(36)32-21(2)3)19-24-9-11-25(31)12-10-24/h7-18,21,23H,6,19-20H2,1-5H3,(H,32,36). The van der Waals surface area contributed by atoms with E-state index in [1.54, 1.807) is 57.2 Å². The van der Waals surface area contributed by atoms with Crippen LogP contribution in [-0.2, 0) is 26.2 Å². The lowest BCUT2D eigenvalue weighted by Gasteiger charge is -2.32. The number of carbonyl (C=O) groups is 2. The van der Waals surface area contributed by atoms with Crippen LogP contribution < -0.4 is 14.4 Å². The molecule has 0 aliphatic rings. The van der Waals surface area contributed by atoms with Crippen molar-refractivity contribution in [2.75, 3.05) is 17.5 Å². The minimum Gasteiger partial charge on any atom is -0.494 e. The predicted molar refractivity (Wildman–Crippen MR) is 153 cm³/mol. The van der Waals surface area contributed by atoms with Gasteiger partial charge in [0.1, 0.15) is 24.2 Å². The molecule has 0 spiro atoms. The number of nitrogens with zero attached hydrogens (tertiary/aromatic N) is 2.